The summed E-state index contributed by atoms with van der Waals surface area (Å²) in [6, 6.07) is 26.5. The molecule has 0 saturated carbocycles. The molecule has 0 unspecified atom stereocenters. The van der Waals surface area contributed by atoms with Crippen molar-refractivity contribution in [3.63, 3.8) is 0 Å². The fourth-order valence-corrected chi connectivity index (χ4v) is 3.34. The first kappa shape index (κ1) is 16.1. The van der Waals surface area contributed by atoms with Gasteiger partial charge in [-0.3, -0.25) is 0 Å². The molecule has 0 aromatic heterocycles. The van der Waals surface area contributed by atoms with E-state index in [1.165, 1.54) is 6.08 Å². The van der Waals surface area contributed by atoms with E-state index in [1.54, 1.807) is 13.0 Å². The SMILES string of the molecule is C/C=C/C(=O)Oc1ccc2ccccc2c1-c1cccc2ccccc12. The van der Waals surface area contributed by atoms with E-state index in [-0.39, 0.29) is 5.97 Å². The fourth-order valence-electron chi connectivity index (χ4n) is 3.34. The summed E-state index contributed by atoms with van der Waals surface area (Å²) in [6.45, 7) is 1.80. The number of hydrogen-bond donors (Lipinski definition) is 0. The predicted octanol–water partition coefficient (Wildman–Crippen LogP) is 6.14. The van der Waals surface area contributed by atoms with Gasteiger partial charge in [0.25, 0.3) is 0 Å². The van der Waals surface area contributed by atoms with Crippen molar-refractivity contribution in [1.82, 2.24) is 0 Å². The van der Waals surface area contributed by atoms with Crippen LogP contribution in [0.3, 0.4) is 0 Å². The number of allylic oxidation sites excluding steroid dienone is 1. The van der Waals surface area contributed by atoms with Crippen molar-refractivity contribution in [1.29, 1.82) is 0 Å². The van der Waals surface area contributed by atoms with Gasteiger partial charge < -0.3 is 4.74 Å². The molecule has 0 aliphatic carbocycles. The van der Waals surface area contributed by atoms with E-state index in [2.05, 4.69) is 36.4 Å². The molecule has 0 amide bonds. The Morgan fingerprint density at radius 2 is 1.42 bits per heavy atom. The lowest BCUT2D eigenvalue weighted by Gasteiger charge is -2.15. The Kier molecular flexibility index (Phi) is 4.24. The van der Waals surface area contributed by atoms with Crippen LogP contribution in [0.2, 0.25) is 0 Å². The van der Waals surface area contributed by atoms with Gasteiger partial charge in [0.05, 0.1) is 0 Å². The number of carbonyl (C=O) groups is 1. The van der Waals surface area contributed by atoms with Gasteiger partial charge in [-0.05, 0) is 40.1 Å². The van der Waals surface area contributed by atoms with Gasteiger partial charge >= 0.3 is 5.97 Å². The first-order chi connectivity index (χ1) is 12.8. The lowest BCUT2D eigenvalue weighted by atomic mass is 9.93. The maximum absolute atomic E-state index is 12.1. The summed E-state index contributed by atoms with van der Waals surface area (Å²) >= 11 is 0. The Morgan fingerprint density at radius 1 is 0.769 bits per heavy atom. The number of benzene rings is 4. The summed E-state index contributed by atoms with van der Waals surface area (Å²) in [6.07, 6.45) is 3.11. The van der Waals surface area contributed by atoms with Crippen LogP contribution in [0.15, 0.2) is 91.0 Å². The van der Waals surface area contributed by atoms with Crippen molar-refractivity contribution < 1.29 is 9.53 Å². The zero-order valence-electron chi connectivity index (χ0n) is 14.5. The Labute approximate surface area is 152 Å². The van der Waals surface area contributed by atoms with Crippen LogP contribution in [0, 0.1) is 0 Å². The highest BCUT2D eigenvalue weighted by atomic mass is 16.5. The average Bonchev–Trinajstić information content (AvgIpc) is 2.68. The summed E-state index contributed by atoms with van der Waals surface area (Å²) in [5.74, 6) is 0.201. The standard InChI is InChI=1S/C24H18O2/c1-2-8-23(25)26-22-16-15-18-10-4-6-13-20(18)24(22)21-14-7-11-17-9-3-5-12-19(17)21/h2-16H,1H3/b8-2+. The second-order valence-corrected chi connectivity index (χ2v) is 6.11. The van der Waals surface area contributed by atoms with E-state index >= 15 is 0 Å². The van der Waals surface area contributed by atoms with E-state index in [0.717, 1.165) is 32.7 Å². The van der Waals surface area contributed by atoms with Crippen LogP contribution in [-0.4, -0.2) is 5.97 Å². The molecule has 0 bridgehead atoms. The van der Waals surface area contributed by atoms with Crippen LogP contribution in [0.5, 0.6) is 5.75 Å². The van der Waals surface area contributed by atoms with Crippen LogP contribution >= 0.6 is 0 Å². The minimum atomic E-state index is -0.371. The highest BCUT2D eigenvalue weighted by molar-refractivity contribution is 6.08. The summed E-state index contributed by atoms with van der Waals surface area (Å²) in [4.78, 5) is 12.1. The maximum atomic E-state index is 12.1. The van der Waals surface area contributed by atoms with E-state index in [4.69, 9.17) is 4.74 Å². The molecule has 4 aromatic rings. The zero-order chi connectivity index (χ0) is 17.9. The number of esters is 1. The van der Waals surface area contributed by atoms with Crippen LogP contribution < -0.4 is 4.74 Å². The largest absolute Gasteiger partial charge is 0.423 e. The summed E-state index contributed by atoms with van der Waals surface area (Å²) in [5, 5.41) is 4.47. The first-order valence-corrected chi connectivity index (χ1v) is 8.62. The minimum absolute atomic E-state index is 0.371. The van der Waals surface area contributed by atoms with Crippen LogP contribution in [0.25, 0.3) is 32.7 Å². The molecule has 0 saturated heterocycles. The number of fused-ring (bicyclic) bond motifs is 2. The van der Waals surface area contributed by atoms with Gasteiger partial charge in [-0.1, -0.05) is 78.9 Å². The molecule has 4 rings (SSSR count). The third-order valence-corrected chi connectivity index (χ3v) is 4.46. The molecule has 2 nitrogen and oxygen atoms in total. The van der Waals surface area contributed by atoms with E-state index in [1.807, 2.05) is 42.5 Å². The number of ether oxygens (including phenoxy) is 1. The topological polar surface area (TPSA) is 26.3 Å². The van der Waals surface area contributed by atoms with Crippen molar-refractivity contribution in [2.75, 3.05) is 0 Å². The van der Waals surface area contributed by atoms with Crippen molar-refractivity contribution >= 4 is 27.5 Å². The van der Waals surface area contributed by atoms with Gasteiger partial charge in [-0.15, -0.1) is 0 Å². The van der Waals surface area contributed by atoms with Crippen LogP contribution in [-0.2, 0) is 4.79 Å². The molecule has 2 heteroatoms. The van der Waals surface area contributed by atoms with E-state index in [9.17, 15) is 4.79 Å². The van der Waals surface area contributed by atoms with Gasteiger partial charge in [0.15, 0.2) is 0 Å². The number of carbonyl (C=O) groups excluding carboxylic acids is 1. The van der Waals surface area contributed by atoms with Gasteiger partial charge in [-0.2, -0.15) is 0 Å². The molecule has 0 aliphatic heterocycles. The molecular formula is C24H18O2. The number of hydrogen-bond acceptors (Lipinski definition) is 2. The molecule has 0 radical (unpaired) electrons. The molecule has 0 spiro atoms. The Balaban J connectivity index is 2.04. The van der Waals surface area contributed by atoms with Crippen molar-refractivity contribution in [3.8, 4) is 16.9 Å². The van der Waals surface area contributed by atoms with Gasteiger partial charge in [0, 0.05) is 11.6 Å². The third-order valence-electron chi connectivity index (χ3n) is 4.46. The molecule has 126 valence electrons. The third kappa shape index (κ3) is 2.86. The van der Waals surface area contributed by atoms with Crippen LogP contribution in [0.4, 0.5) is 0 Å². The quantitative estimate of drug-likeness (QED) is 0.255. The summed E-state index contributed by atoms with van der Waals surface area (Å²) < 4.78 is 5.67. The average molecular weight is 338 g/mol. The van der Waals surface area contributed by atoms with Crippen molar-refractivity contribution in [2.24, 2.45) is 0 Å². The number of rotatable bonds is 3. The van der Waals surface area contributed by atoms with E-state index < -0.39 is 0 Å². The fraction of sp³-hybridized carbons (Fsp3) is 0.0417. The maximum Gasteiger partial charge on any atom is 0.335 e. The second-order valence-electron chi connectivity index (χ2n) is 6.11. The Bertz CT molecular complexity index is 1130. The monoisotopic (exact) mass is 338 g/mol. The first-order valence-electron chi connectivity index (χ1n) is 8.62. The van der Waals surface area contributed by atoms with Gasteiger partial charge in [0.2, 0.25) is 0 Å². The normalized spacial score (nSPS) is 11.3. The molecule has 0 atom stereocenters. The lowest BCUT2D eigenvalue weighted by Crippen LogP contribution is -2.05. The lowest BCUT2D eigenvalue weighted by molar-refractivity contribution is -0.128. The summed E-state index contributed by atoms with van der Waals surface area (Å²) in [5.41, 5.74) is 2.00. The van der Waals surface area contributed by atoms with Gasteiger partial charge in [0.1, 0.15) is 5.75 Å². The van der Waals surface area contributed by atoms with Crippen LogP contribution in [0.1, 0.15) is 6.92 Å². The molecule has 0 fully saturated rings. The molecule has 0 heterocycles. The minimum Gasteiger partial charge on any atom is -0.423 e. The zero-order valence-corrected chi connectivity index (χ0v) is 14.5. The predicted molar refractivity (Wildman–Crippen MR) is 107 cm³/mol. The Hall–Kier alpha value is -3.39. The highest BCUT2D eigenvalue weighted by Crippen LogP contribution is 2.40. The van der Waals surface area contributed by atoms with Crippen molar-refractivity contribution in [2.45, 2.75) is 6.92 Å². The Morgan fingerprint density at radius 3 is 2.19 bits per heavy atom. The molecule has 0 aliphatic rings. The van der Waals surface area contributed by atoms with E-state index in [0.29, 0.717) is 5.75 Å². The molecule has 0 N–H and O–H groups in total. The smallest absolute Gasteiger partial charge is 0.335 e. The molecular weight excluding hydrogens is 320 g/mol. The van der Waals surface area contributed by atoms with Crippen molar-refractivity contribution in [3.05, 3.63) is 91.0 Å². The molecule has 4 aromatic carbocycles. The van der Waals surface area contributed by atoms with Gasteiger partial charge in [-0.25, -0.2) is 4.79 Å². The highest BCUT2D eigenvalue weighted by Gasteiger charge is 2.15. The summed E-state index contributed by atoms with van der Waals surface area (Å²) in [7, 11) is 0. The second kappa shape index (κ2) is 6.85. The molecule has 26 heavy (non-hydrogen) atoms.